The van der Waals surface area contributed by atoms with E-state index in [0.717, 1.165) is 61.3 Å². The minimum atomic E-state index is -4.69. The molecule has 0 atom stereocenters. The summed E-state index contributed by atoms with van der Waals surface area (Å²) in [6.07, 6.45) is 4.43. The van der Waals surface area contributed by atoms with Crippen molar-refractivity contribution in [2.75, 3.05) is 16.8 Å². The molecule has 0 spiro atoms. The van der Waals surface area contributed by atoms with Crippen molar-refractivity contribution in [1.82, 2.24) is 9.97 Å². The molecule has 2 saturated carbocycles. The van der Waals surface area contributed by atoms with E-state index in [1.165, 1.54) is 31.4 Å². The number of alkyl halides is 3. The highest BCUT2D eigenvalue weighted by molar-refractivity contribution is 5.50. The van der Waals surface area contributed by atoms with Gasteiger partial charge in [-0.05, 0) is 55.4 Å². The first-order valence-corrected chi connectivity index (χ1v) is 11.2. The quantitative estimate of drug-likeness (QED) is 0.670. The second-order valence-corrected chi connectivity index (χ2v) is 8.88. The predicted octanol–water partition coefficient (Wildman–Crippen LogP) is 5.56. The summed E-state index contributed by atoms with van der Waals surface area (Å²) in [6, 6.07) is 7.10. The lowest BCUT2D eigenvalue weighted by Gasteiger charge is -2.31. The van der Waals surface area contributed by atoms with Crippen molar-refractivity contribution >= 4 is 11.8 Å². The number of fused-ring (bicyclic) bond motifs is 1. The summed E-state index contributed by atoms with van der Waals surface area (Å²) in [4.78, 5) is 11.7. The van der Waals surface area contributed by atoms with Crippen molar-refractivity contribution < 1.29 is 17.9 Å². The maximum absolute atomic E-state index is 12.6. The van der Waals surface area contributed by atoms with Crippen LogP contribution in [0.1, 0.15) is 67.7 Å². The van der Waals surface area contributed by atoms with Gasteiger partial charge in [0.25, 0.3) is 0 Å². The summed E-state index contributed by atoms with van der Waals surface area (Å²) in [7, 11) is 0. The van der Waals surface area contributed by atoms with Gasteiger partial charge in [0.1, 0.15) is 11.6 Å². The van der Waals surface area contributed by atoms with Crippen LogP contribution in [-0.2, 0) is 13.0 Å². The first kappa shape index (κ1) is 20.4. The molecule has 0 bridgehead atoms. The zero-order valence-corrected chi connectivity index (χ0v) is 17.4. The monoisotopic (exact) mass is 432 g/mol. The third kappa shape index (κ3) is 5.05. The van der Waals surface area contributed by atoms with E-state index < -0.39 is 6.36 Å². The van der Waals surface area contributed by atoms with Gasteiger partial charge < -0.3 is 15.0 Å². The lowest BCUT2D eigenvalue weighted by molar-refractivity contribution is -0.274. The summed E-state index contributed by atoms with van der Waals surface area (Å²) in [5.41, 5.74) is 2.98. The second kappa shape index (κ2) is 8.20. The SMILES string of the molecule is FC(F)(F)Oc1ccc2c(c1)CN(c1cc(C3CC3)nc(NC3CCCCC3)n1)CC2. The van der Waals surface area contributed by atoms with Gasteiger partial charge in [-0.3, -0.25) is 0 Å². The fraction of sp³-hybridized carbons (Fsp3) is 0.565. The Bertz CT molecular complexity index is 939. The standard InChI is InChI=1S/C23H27F3N4O/c24-23(25,26)31-19-9-8-15-10-11-30(14-17(15)12-19)21-13-20(16-6-7-16)28-22(29-21)27-18-4-2-1-3-5-18/h8-9,12-13,16,18H,1-7,10-11,14H2,(H,27,28,29). The largest absolute Gasteiger partial charge is 0.573 e. The van der Waals surface area contributed by atoms with Crippen LogP contribution in [0.5, 0.6) is 5.75 Å². The highest BCUT2D eigenvalue weighted by Crippen LogP contribution is 2.41. The van der Waals surface area contributed by atoms with Gasteiger partial charge in [0.15, 0.2) is 0 Å². The fourth-order valence-corrected chi connectivity index (χ4v) is 4.62. The molecule has 0 amide bonds. The predicted molar refractivity (Wildman–Crippen MR) is 112 cm³/mol. The van der Waals surface area contributed by atoms with Crippen molar-refractivity contribution in [3.8, 4) is 5.75 Å². The Morgan fingerprint density at radius 2 is 1.77 bits per heavy atom. The summed E-state index contributed by atoms with van der Waals surface area (Å²) < 4.78 is 42.0. The molecule has 2 aromatic rings. The number of hydrogen-bond acceptors (Lipinski definition) is 5. The molecule has 1 aromatic carbocycles. The molecule has 2 heterocycles. The molecule has 5 nitrogen and oxygen atoms in total. The lowest BCUT2D eigenvalue weighted by Crippen LogP contribution is -2.32. The van der Waals surface area contributed by atoms with Gasteiger partial charge in [0.2, 0.25) is 5.95 Å². The maximum Gasteiger partial charge on any atom is 0.573 e. The van der Waals surface area contributed by atoms with Gasteiger partial charge in [-0.15, -0.1) is 13.2 Å². The van der Waals surface area contributed by atoms with E-state index in [1.807, 2.05) is 0 Å². The zero-order chi connectivity index (χ0) is 21.4. The molecular weight excluding hydrogens is 405 g/mol. The molecule has 1 aromatic heterocycles. The van der Waals surface area contributed by atoms with Crippen molar-refractivity contribution in [3.05, 3.63) is 41.1 Å². The molecule has 0 radical (unpaired) electrons. The first-order valence-electron chi connectivity index (χ1n) is 11.2. The summed E-state index contributed by atoms with van der Waals surface area (Å²) >= 11 is 0. The van der Waals surface area contributed by atoms with E-state index in [-0.39, 0.29) is 5.75 Å². The van der Waals surface area contributed by atoms with Crippen LogP contribution in [0.25, 0.3) is 0 Å². The summed E-state index contributed by atoms with van der Waals surface area (Å²) in [6.45, 7) is 1.28. The van der Waals surface area contributed by atoms with Crippen LogP contribution in [0.2, 0.25) is 0 Å². The van der Waals surface area contributed by atoms with E-state index in [1.54, 1.807) is 6.07 Å². The van der Waals surface area contributed by atoms with E-state index >= 15 is 0 Å². The molecule has 31 heavy (non-hydrogen) atoms. The molecular formula is C23H27F3N4O. The number of rotatable bonds is 5. The number of hydrogen-bond donors (Lipinski definition) is 1. The van der Waals surface area contributed by atoms with E-state index in [9.17, 15) is 13.2 Å². The number of nitrogens with zero attached hydrogens (tertiary/aromatic N) is 3. The molecule has 2 fully saturated rings. The van der Waals surface area contributed by atoms with Crippen LogP contribution in [0.3, 0.4) is 0 Å². The minimum absolute atomic E-state index is 0.172. The number of benzene rings is 1. The average molecular weight is 432 g/mol. The number of halogens is 3. The molecule has 0 saturated heterocycles. The van der Waals surface area contributed by atoms with Crippen LogP contribution in [-0.4, -0.2) is 28.9 Å². The third-order valence-electron chi connectivity index (χ3n) is 6.41. The number of anilines is 2. The van der Waals surface area contributed by atoms with Gasteiger partial charge in [-0.2, -0.15) is 4.98 Å². The second-order valence-electron chi connectivity index (χ2n) is 8.88. The van der Waals surface area contributed by atoms with Crippen molar-refractivity contribution in [1.29, 1.82) is 0 Å². The average Bonchev–Trinajstić information content (AvgIpc) is 3.58. The van der Waals surface area contributed by atoms with Gasteiger partial charge in [-0.25, -0.2) is 4.98 Å². The Morgan fingerprint density at radius 3 is 2.52 bits per heavy atom. The van der Waals surface area contributed by atoms with Crippen LogP contribution >= 0.6 is 0 Å². The summed E-state index contributed by atoms with van der Waals surface area (Å²) in [5.74, 6) is 1.86. The topological polar surface area (TPSA) is 50.3 Å². The molecule has 2 aliphatic carbocycles. The van der Waals surface area contributed by atoms with Crippen LogP contribution < -0.4 is 15.0 Å². The zero-order valence-electron chi connectivity index (χ0n) is 17.4. The van der Waals surface area contributed by atoms with Crippen LogP contribution in [0, 0.1) is 0 Å². The fourth-order valence-electron chi connectivity index (χ4n) is 4.62. The highest BCUT2D eigenvalue weighted by Gasteiger charge is 2.32. The third-order valence-corrected chi connectivity index (χ3v) is 6.41. The molecule has 5 rings (SSSR count). The van der Waals surface area contributed by atoms with Gasteiger partial charge in [0, 0.05) is 31.1 Å². The first-order chi connectivity index (χ1) is 14.9. The minimum Gasteiger partial charge on any atom is -0.406 e. The highest BCUT2D eigenvalue weighted by atomic mass is 19.4. The van der Waals surface area contributed by atoms with Gasteiger partial charge in [0.05, 0.1) is 5.69 Å². The Balaban J connectivity index is 1.38. The Kier molecular flexibility index (Phi) is 5.40. The maximum atomic E-state index is 12.6. The molecule has 8 heteroatoms. The molecule has 166 valence electrons. The Morgan fingerprint density at radius 1 is 0.968 bits per heavy atom. The van der Waals surface area contributed by atoms with E-state index in [2.05, 4.69) is 21.0 Å². The van der Waals surface area contributed by atoms with Crippen LogP contribution in [0.4, 0.5) is 24.9 Å². The van der Waals surface area contributed by atoms with Crippen molar-refractivity contribution in [2.24, 2.45) is 0 Å². The van der Waals surface area contributed by atoms with Gasteiger partial charge in [-0.1, -0.05) is 25.3 Å². The Labute approximate surface area is 180 Å². The number of nitrogens with one attached hydrogen (secondary N) is 1. The molecule has 1 aliphatic heterocycles. The summed E-state index contributed by atoms with van der Waals surface area (Å²) in [5, 5.41) is 3.54. The van der Waals surface area contributed by atoms with Gasteiger partial charge >= 0.3 is 6.36 Å². The molecule has 0 unspecified atom stereocenters. The smallest absolute Gasteiger partial charge is 0.406 e. The normalized spacial score (nSPS) is 19.8. The Hall–Kier alpha value is -2.51. The number of ether oxygens (including phenoxy) is 1. The van der Waals surface area contributed by atoms with Crippen molar-refractivity contribution in [2.45, 2.75) is 76.2 Å². The van der Waals surface area contributed by atoms with Crippen LogP contribution in [0.15, 0.2) is 24.3 Å². The number of aromatic nitrogens is 2. The van der Waals surface area contributed by atoms with Crippen molar-refractivity contribution in [3.63, 3.8) is 0 Å². The van der Waals surface area contributed by atoms with E-state index in [0.29, 0.717) is 24.5 Å². The molecule has 1 N–H and O–H groups in total. The van der Waals surface area contributed by atoms with E-state index in [4.69, 9.17) is 9.97 Å². The molecule has 3 aliphatic rings. The lowest BCUT2D eigenvalue weighted by atomic mass is 9.96.